The van der Waals surface area contributed by atoms with Crippen molar-refractivity contribution >= 4 is 5.97 Å². The Morgan fingerprint density at radius 2 is 2.06 bits per heavy atom. The van der Waals surface area contributed by atoms with Gasteiger partial charge in [-0.15, -0.1) is 12.3 Å². The number of carbonyl (C=O) groups is 1. The van der Waals surface area contributed by atoms with E-state index in [0.29, 0.717) is 12.0 Å². The fourth-order valence-electron chi connectivity index (χ4n) is 1.65. The third-order valence-electron chi connectivity index (χ3n) is 2.72. The van der Waals surface area contributed by atoms with Crippen molar-refractivity contribution in [3.8, 4) is 12.3 Å². The molecule has 1 aromatic rings. The molecule has 0 aromatic heterocycles. The second-order valence-electron chi connectivity index (χ2n) is 4.42. The molecular weight excluding hydrogens is 224 g/mol. The van der Waals surface area contributed by atoms with E-state index in [-0.39, 0.29) is 12.1 Å². The fourth-order valence-corrected chi connectivity index (χ4v) is 1.65. The van der Waals surface area contributed by atoms with E-state index in [9.17, 15) is 4.79 Å². The maximum Gasteiger partial charge on any atom is 0.338 e. The molecule has 0 aliphatic carbocycles. The van der Waals surface area contributed by atoms with Gasteiger partial charge in [0.05, 0.1) is 5.56 Å². The first-order chi connectivity index (χ1) is 8.67. The average Bonchev–Trinajstić information content (AvgIpc) is 2.37. The van der Waals surface area contributed by atoms with Crippen LogP contribution in [0, 0.1) is 12.3 Å². The second kappa shape index (κ2) is 7.55. The van der Waals surface area contributed by atoms with Crippen LogP contribution in [0.3, 0.4) is 0 Å². The summed E-state index contributed by atoms with van der Waals surface area (Å²) in [6.07, 6.45) is 8.78. The minimum Gasteiger partial charge on any atom is -0.458 e. The summed E-state index contributed by atoms with van der Waals surface area (Å²) in [6, 6.07) is 7.60. The Labute approximate surface area is 109 Å². The highest BCUT2D eigenvalue weighted by Gasteiger charge is 2.10. The van der Waals surface area contributed by atoms with Crippen LogP contribution in [0.15, 0.2) is 24.3 Å². The number of hydrogen-bond donors (Lipinski definition) is 0. The number of aryl methyl sites for hydroxylation is 1. The standard InChI is InChI=1S/C16H20O2/c1-4-6-8-14-9-11-15(12-10-14)16(17)18-13(3)7-5-2/h2,9-13H,4,6-8H2,1,3H3. The molecule has 0 saturated carbocycles. The molecule has 0 N–H and O–H groups in total. The van der Waals surface area contributed by atoms with Gasteiger partial charge in [-0.3, -0.25) is 0 Å². The lowest BCUT2D eigenvalue weighted by Gasteiger charge is -2.10. The van der Waals surface area contributed by atoms with Gasteiger partial charge in [0.1, 0.15) is 6.10 Å². The first kappa shape index (κ1) is 14.3. The summed E-state index contributed by atoms with van der Waals surface area (Å²) in [5.41, 5.74) is 1.84. The highest BCUT2D eigenvalue weighted by atomic mass is 16.5. The second-order valence-corrected chi connectivity index (χ2v) is 4.42. The monoisotopic (exact) mass is 244 g/mol. The van der Waals surface area contributed by atoms with E-state index in [4.69, 9.17) is 11.2 Å². The number of unbranched alkanes of at least 4 members (excludes halogenated alkanes) is 1. The maximum absolute atomic E-state index is 11.8. The van der Waals surface area contributed by atoms with Crippen LogP contribution in [0.4, 0.5) is 0 Å². The Morgan fingerprint density at radius 3 is 2.61 bits per heavy atom. The smallest absolute Gasteiger partial charge is 0.338 e. The minimum atomic E-state index is -0.306. The number of rotatable bonds is 6. The molecule has 0 bridgehead atoms. The molecular formula is C16H20O2. The van der Waals surface area contributed by atoms with Gasteiger partial charge >= 0.3 is 5.97 Å². The molecule has 1 rings (SSSR count). The molecule has 0 spiro atoms. The maximum atomic E-state index is 11.8. The van der Waals surface area contributed by atoms with Crippen LogP contribution >= 0.6 is 0 Å². The number of terminal acetylenes is 1. The number of carbonyl (C=O) groups excluding carboxylic acids is 1. The highest BCUT2D eigenvalue weighted by molar-refractivity contribution is 5.89. The largest absolute Gasteiger partial charge is 0.458 e. The normalized spacial score (nSPS) is 11.6. The number of benzene rings is 1. The Bertz CT molecular complexity index is 412. The highest BCUT2D eigenvalue weighted by Crippen LogP contribution is 2.10. The van der Waals surface area contributed by atoms with Crippen molar-refractivity contribution < 1.29 is 9.53 Å². The number of esters is 1. The van der Waals surface area contributed by atoms with E-state index in [1.807, 2.05) is 24.3 Å². The van der Waals surface area contributed by atoms with E-state index in [1.54, 1.807) is 6.92 Å². The first-order valence-electron chi connectivity index (χ1n) is 6.40. The van der Waals surface area contributed by atoms with Gasteiger partial charge in [0.25, 0.3) is 0 Å². The summed E-state index contributed by atoms with van der Waals surface area (Å²) in [4.78, 5) is 11.8. The predicted molar refractivity (Wildman–Crippen MR) is 73.4 cm³/mol. The Morgan fingerprint density at radius 1 is 1.39 bits per heavy atom. The third-order valence-corrected chi connectivity index (χ3v) is 2.72. The summed E-state index contributed by atoms with van der Waals surface area (Å²) in [6.45, 7) is 3.96. The molecule has 0 aliphatic rings. The van der Waals surface area contributed by atoms with E-state index in [2.05, 4.69) is 12.8 Å². The van der Waals surface area contributed by atoms with Crippen LogP contribution in [-0.4, -0.2) is 12.1 Å². The predicted octanol–water partition coefficient (Wildman–Crippen LogP) is 3.60. The van der Waals surface area contributed by atoms with Gasteiger partial charge in [0.15, 0.2) is 0 Å². The Balaban J connectivity index is 2.56. The zero-order valence-corrected chi connectivity index (χ0v) is 11.1. The van der Waals surface area contributed by atoms with Crippen molar-refractivity contribution in [3.63, 3.8) is 0 Å². The van der Waals surface area contributed by atoms with E-state index in [1.165, 1.54) is 18.4 Å². The van der Waals surface area contributed by atoms with Gasteiger partial charge in [0.2, 0.25) is 0 Å². The van der Waals surface area contributed by atoms with E-state index < -0.39 is 0 Å². The Hall–Kier alpha value is -1.75. The molecule has 0 fully saturated rings. The number of ether oxygens (including phenoxy) is 1. The molecule has 1 aromatic carbocycles. The van der Waals surface area contributed by atoms with Crippen LogP contribution in [0.5, 0.6) is 0 Å². The summed E-state index contributed by atoms with van der Waals surface area (Å²) < 4.78 is 5.22. The molecule has 0 heterocycles. The van der Waals surface area contributed by atoms with Gasteiger partial charge in [-0.25, -0.2) is 4.79 Å². The average molecular weight is 244 g/mol. The summed E-state index contributed by atoms with van der Waals surface area (Å²) in [5, 5.41) is 0. The molecule has 2 nitrogen and oxygen atoms in total. The van der Waals surface area contributed by atoms with Gasteiger partial charge in [0, 0.05) is 6.42 Å². The van der Waals surface area contributed by atoms with Gasteiger partial charge < -0.3 is 4.74 Å². The molecule has 0 radical (unpaired) electrons. The van der Waals surface area contributed by atoms with Crippen molar-refractivity contribution in [1.82, 2.24) is 0 Å². The van der Waals surface area contributed by atoms with Crippen molar-refractivity contribution in [1.29, 1.82) is 0 Å². The quantitative estimate of drug-likeness (QED) is 0.564. The van der Waals surface area contributed by atoms with Gasteiger partial charge in [-0.05, 0) is 37.5 Å². The molecule has 96 valence electrons. The van der Waals surface area contributed by atoms with Gasteiger partial charge in [-0.1, -0.05) is 25.5 Å². The van der Waals surface area contributed by atoms with Crippen molar-refractivity contribution in [2.75, 3.05) is 0 Å². The molecule has 0 aliphatic heterocycles. The summed E-state index contributed by atoms with van der Waals surface area (Å²) in [7, 11) is 0. The SMILES string of the molecule is C#CCC(C)OC(=O)c1ccc(CCCC)cc1. The van der Waals surface area contributed by atoms with Crippen LogP contribution < -0.4 is 0 Å². The molecule has 1 atom stereocenters. The van der Waals surface area contributed by atoms with Crippen LogP contribution in [0.2, 0.25) is 0 Å². The zero-order chi connectivity index (χ0) is 13.4. The Kier molecular flexibility index (Phi) is 6.00. The van der Waals surface area contributed by atoms with Crippen molar-refractivity contribution in [3.05, 3.63) is 35.4 Å². The lowest BCUT2D eigenvalue weighted by atomic mass is 10.1. The van der Waals surface area contributed by atoms with Crippen molar-refractivity contribution in [2.24, 2.45) is 0 Å². The molecule has 1 unspecified atom stereocenters. The zero-order valence-electron chi connectivity index (χ0n) is 11.1. The molecule has 18 heavy (non-hydrogen) atoms. The minimum absolute atomic E-state index is 0.234. The molecule has 0 saturated heterocycles. The van der Waals surface area contributed by atoms with Crippen molar-refractivity contribution in [2.45, 2.75) is 45.6 Å². The fraction of sp³-hybridized carbons (Fsp3) is 0.438. The van der Waals surface area contributed by atoms with Crippen LogP contribution in [-0.2, 0) is 11.2 Å². The summed E-state index contributed by atoms with van der Waals surface area (Å²) in [5.74, 6) is 2.17. The van der Waals surface area contributed by atoms with E-state index >= 15 is 0 Å². The topological polar surface area (TPSA) is 26.3 Å². The molecule has 2 heteroatoms. The lowest BCUT2D eigenvalue weighted by molar-refractivity contribution is 0.0352. The van der Waals surface area contributed by atoms with E-state index in [0.717, 1.165) is 6.42 Å². The summed E-state index contributed by atoms with van der Waals surface area (Å²) >= 11 is 0. The molecule has 0 amide bonds. The van der Waals surface area contributed by atoms with Gasteiger partial charge in [-0.2, -0.15) is 0 Å². The van der Waals surface area contributed by atoms with Crippen LogP contribution in [0.25, 0.3) is 0 Å². The number of hydrogen-bond acceptors (Lipinski definition) is 2. The third kappa shape index (κ3) is 4.63. The lowest BCUT2D eigenvalue weighted by Crippen LogP contribution is -2.14. The first-order valence-corrected chi connectivity index (χ1v) is 6.40. The van der Waals surface area contributed by atoms with Crippen LogP contribution in [0.1, 0.15) is 49.0 Å².